The predicted molar refractivity (Wildman–Crippen MR) is 77.0 cm³/mol. The average molecular weight is 270 g/mol. The molecule has 0 unspecified atom stereocenters. The summed E-state index contributed by atoms with van der Waals surface area (Å²) in [6.45, 7) is 2.22. The van der Waals surface area contributed by atoms with Crippen LogP contribution in [-0.4, -0.2) is 23.3 Å². The van der Waals surface area contributed by atoms with Crippen molar-refractivity contribution >= 4 is 5.97 Å². The van der Waals surface area contributed by atoms with Gasteiger partial charge in [-0.3, -0.25) is 4.79 Å². The van der Waals surface area contributed by atoms with E-state index in [4.69, 9.17) is 4.74 Å². The minimum atomic E-state index is -0.273. The molecule has 19 heavy (non-hydrogen) atoms. The highest BCUT2D eigenvalue weighted by molar-refractivity contribution is 5.69. The van der Waals surface area contributed by atoms with E-state index < -0.39 is 0 Å². The van der Waals surface area contributed by atoms with Gasteiger partial charge in [0.1, 0.15) is 6.10 Å². The predicted octanol–water partition coefficient (Wildman–Crippen LogP) is 3.97. The molecule has 0 heterocycles. The molecule has 1 fully saturated rings. The van der Waals surface area contributed by atoms with E-state index in [-0.39, 0.29) is 18.2 Å². The number of rotatable bonds is 9. The van der Waals surface area contributed by atoms with Crippen LogP contribution in [0.2, 0.25) is 0 Å². The minimum Gasteiger partial charge on any atom is -0.462 e. The van der Waals surface area contributed by atoms with Gasteiger partial charge in [0.15, 0.2) is 0 Å². The lowest BCUT2D eigenvalue weighted by molar-refractivity contribution is -0.152. The molecule has 1 N–H and O–H groups in total. The topological polar surface area (TPSA) is 46.5 Å². The molecule has 0 aromatic carbocycles. The maximum Gasteiger partial charge on any atom is 0.306 e. The Kier molecular flexibility index (Phi) is 8.89. The lowest BCUT2D eigenvalue weighted by atomic mass is 9.95. The van der Waals surface area contributed by atoms with Crippen molar-refractivity contribution in [2.24, 2.45) is 0 Å². The van der Waals surface area contributed by atoms with Crippen molar-refractivity contribution < 1.29 is 14.6 Å². The van der Waals surface area contributed by atoms with Crippen molar-refractivity contribution in [3.05, 3.63) is 0 Å². The van der Waals surface area contributed by atoms with E-state index >= 15 is 0 Å². The Morgan fingerprint density at radius 1 is 1.11 bits per heavy atom. The fourth-order valence-electron chi connectivity index (χ4n) is 2.70. The third kappa shape index (κ3) is 8.25. The molecule has 1 aliphatic rings. The maximum absolute atomic E-state index is 11.6. The Labute approximate surface area is 117 Å². The second kappa shape index (κ2) is 10.2. The van der Waals surface area contributed by atoms with Gasteiger partial charge in [-0.2, -0.15) is 0 Å². The van der Waals surface area contributed by atoms with Gasteiger partial charge in [-0.1, -0.05) is 45.4 Å². The summed E-state index contributed by atoms with van der Waals surface area (Å²) in [7, 11) is 0. The largest absolute Gasteiger partial charge is 0.462 e. The Bertz CT molecular complexity index is 240. The molecule has 0 spiro atoms. The van der Waals surface area contributed by atoms with Crippen molar-refractivity contribution in [2.75, 3.05) is 0 Å². The molecule has 0 aromatic rings. The van der Waals surface area contributed by atoms with E-state index in [1.54, 1.807) is 0 Å². The van der Waals surface area contributed by atoms with Gasteiger partial charge in [-0.05, 0) is 25.7 Å². The molecular formula is C16H30O3. The Hall–Kier alpha value is -0.570. The summed E-state index contributed by atoms with van der Waals surface area (Å²) < 4.78 is 5.41. The summed E-state index contributed by atoms with van der Waals surface area (Å²) in [6.07, 6.45) is 12.1. The molecule has 1 rings (SSSR count). The maximum atomic E-state index is 11.6. The van der Waals surface area contributed by atoms with Gasteiger partial charge in [0.25, 0.3) is 0 Å². The van der Waals surface area contributed by atoms with Crippen LogP contribution in [0.3, 0.4) is 0 Å². The number of aliphatic hydroxyl groups is 1. The highest BCUT2D eigenvalue weighted by Gasteiger charge is 2.22. The summed E-state index contributed by atoms with van der Waals surface area (Å²) >= 11 is 0. The molecule has 0 radical (unpaired) electrons. The van der Waals surface area contributed by atoms with Crippen LogP contribution in [-0.2, 0) is 9.53 Å². The van der Waals surface area contributed by atoms with Gasteiger partial charge in [0, 0.05) is 12.8 Å². The van der Waals surface area contributed by atoms with E-state index in [9.17, 15) is 9.90 Å². The van der Waals surface area contributed by atoms with Crippen molar-refractivity contribution in [3.63, 3.8) is 0 Å². The Morgan fingerprint density at radius 2 is 1.79 bits per heavy atom. The number of hydrogen-bond donors (Lipinski definition) is 1. The van der Waals surface area contributed by atoms with Crippen LogP contribution >= 0.6 is 0 Å². The van der Waals surface area contributed by atoms with Crippen molar-refractivity contribution in [1.29, 1.82) is 0 Å². The molecular weight excluding hydrogens is 240 g/mol. The third-order valence-electron chi connectivity index (χ3n) is 3.88. The van der Waals surface area contributed by atoms with Crippen molar-refractivity contribution in [1.82, 2.24) is 0 Å². The van der Waals surface area contributed by atoms with Gasteiger partial charge in [-0.25, -0.2) is 0 Å². The number of carbonyl (C=O) groups is 1. The Balaban J connectivity index is 1.95. The molecule has 3 nitrogen and oxygen atoms in total. The van der Waals surface area contributed by atoms with E-state index in [0.717, 1.165) is 32.1 Å². The molecule has 3 heteroatoms. The second-order valence-corrected chi connectivity index (χ2v) is 5.80. The molecule has 0 bridgehead atoms. The van der Waals surface area contributed by atoms with E-state index in [0.29, 0.717) is 12.8 Å². The van der Waals surface area contributed by atoms with Crippen molar-refractivity contribution in [2.45, 2.75) is 96.2 Å². The fraction of sp³-hybridized carbons (Fsp3) is 0.938. The molecule has 1 aliphatic carbocycles. The summed E-state index contributed by atoms with van der Waals surface area (Å²) in [5.74, 6) is -0.0762. The van der Waals surface area contributed by atoms with Crippen LogP contribution in [0.25, 0.3) is 0 Å². The zero-order valence-electron chi connectivity index (χ0n) is 12.4. The van der Waals surface area contributed by atoms with Crippen LogP contribution in [0.5, 0.6) is 0 Å². The number of esters is 1. The zero-order chi connectivity index (χ0) is 13.9. The van der Waals surface area contributed by atoms with E-state index in [1.807, 2.05) is 0 Å². The van der Waals surface area contributed by atoms with Crippen LogP contribution in [0, 0.1) is 0 Å². The smallest absolute Gasteiger partial charge is 0.306 e. The highest BCUT2D eigenvalue weighted by atomic mass is 16.5. The molecule has 0 aliphatic heterocycles. The first-order chi connectivity index (χ1) is 9.22. The van der Waals surface area contributed by atoms with Crippen molar-refractivity contribution in [3.8, 4) is 0 Å². The van der Waals surface area contributed by atoms with E-state index in [2.05, 4.69) is 6.92 Å². The average Bonchev–Trinajstić information content (AvgIpc) is 2.37. The van der Waals surface area contributed by atoms with Crippen LogP contribution in [0.1, 0.15) is 84.0 Å². The van der Waals surface area contributed by atoms with Gasteiger partial charge >= 0.3 is 5.97 Å². The Morgan fingerprint density at radius 3 is 2.47 bits per heavy atom. The first-order valence-electron chi connectivity index (χ1n) is 8.10. The zero-order valence-corrected chi connectivity index (χ0v) is 12.4. The number of aliphatic hydroxyl groups excluding tert-OH is 1. The van der Waals surface area contributed by atoms with E-state index in [1.165, 1.54) is 32.1 Å². The number of unbranched alkanes of at least 4 members (excludes halogenated alkanes) is 6. The van der Waals surface area contributed by atoms with Gasteiger partial charge in [0.2, 0.25) is 0 Å². The van der Waals surface area contributed by atoms with Crippen LogP contribution < -0.4 is 0 Å². The first-order valence-corrected chi connectivity index (χ1v) is 8.10. The standard InChI is InChI=1S/C16H30O3/c1-2-3-4-5-6-7-8-12-16(18)19-15-11-9-10-14(17)13-15/h14-15,17H,2-13H2,1H3/t14-,15-/m0/s1. The number of ether oxygens (including phenoxy) is 1. The molecule has 112 valence electrons. The molecule has 1 saturated carbocycles. The van der Waals surface area contributed by atoms with Gasteiger partial charge in [-0.15, -0.1) is 0 Å². The fourth-order valence-corrected chi connectivity index (χ4v) is 2.70. The first kappa shape index (κ1) is 16.5. The molecule has 0 saturated heterocycles. The normalized spacial score (nSPS) is 23.3. The molecule has 2 atom stereocenters. The monoisotopic (exact) mass is 270 g/mol. The summed E-state index contributed by atoms with van der Waals surface area (Å²) in [5.41, 5.74) is 0. The summed E-state index contributed by atoms with van der Waals surface area (Å²) in [5, 5.41) is 9.52. The number of hydrogen-bond acceptors (Lipinski definition) is 3. The summed E-state index contributed by atoms with van der Waals surface area (Å²) in [4.78, 5) is 11.6. The number of carbonyl (C=O) groups excluding carboxylic acids is 1. The van der Waals surface area contributed by atoms with Crippen LogP contribution in [0.15, 0.2) is 0 Å². The second-order valence-electron chi connectivity index (χ2n) is 5.80. The third-order valence-corrected chi connectivity index (χ3v) is 3.88. The van der Waals surface area contributed by atoms with Gasteiger partial charge in [0.05, 0.1) is 6.10 Å². The summed E-state index contributed by atoms with van der Waals surface area (Å²) in [6, 6.07) is 0. The minimum absolute atomic E-state index is 0.0409. The van der Waals surface area contributed by atoms with Gasteiger partial charge < -0.3 is 9.84 Å². The quantitative estimate of drug-likeness (QED) is 0.509. The lowest BCUT2D eigenvalue weighted by Crippen LogP contribution is -2.28. The lowest BCUT2D eigenvalue weighted by Gasteiger charge is -2.25. The van der Waals surface area contributed by atoms with Crippen LogP contribution in [0.4, 0.5) is 0 Å². The SMILES string of the molecule is CCCCCCCCCC(=O)O[C@H]1CCC[C@H](O)C1. The highest BCUT2D eigenvalue weighted by Crippen LogP contribution is 2.21. The molecule has 0 amide bonds. The molecule has 0 aromatic heterocycles.